The number of ether oxygens (including phenoxy) is 2. The third-order valence-electron chi connectivity index (χ3n) is 7.06. The molecule has 0 amide bonds. The van der Waals surface area contributed by atoms with E-state index in [1.807, 2.05) is 24.4 Å². The van der Waals surface area contributed by atoms with Crippen LogP contribution in [0.5, 0.6) is 11.5 Å². The highest BCUT2D eigenvalue weighted by Crippen LogP contribution is 2.36. The summed E-state index contributed by atoms with van der Waals surface area (Å²) in [6.07, 6.45) is 3.48. The summed E-state index contributed by atoms with van der Waals surface area (Å²) in [4.78, 5) is 37.6. The van der Waals surface area contributed by atoms with E-state index in [0.717, 1.165) is 48.7 Å². The number of para-hydroxylation sites is 1. The van der Waals surface area contributed by atoms with Crippen LogP contribution < -0.4 is 14.8 Å². The fourth-order valence-electron chi connectivity index (χ4n) is 5.63. The second kappa shape index (κ2) is 15.6. The SMILES string of the molecule is C=CCOc1c(CN(Cc2ccccn2)C2CC(C)(C)NC(C)(C)C2)cccc1OC.O=C(O)CC(O)(CC(=O)O)C(=O)O. The first kappa shape index (κ1) is 36.2. The average Bonchev–Trinajstić information content (AvgIpc) is 2.90. The van der Waals surface area contributed by atoms with Gasteiger partial charge in [0.2, 0.25) is 0 Å². The standard InChI is InChI=1S/C26H37N3O2.C6H8O7/c1-7-15-31-24-20(11-10-13-23(24)30-6)18-29(19-21-12-8-9-14-27-21)22-16-25(2,3)28-26(4,5)17-22;7-3(8)1-6(13,5(11)12)2-4(9)10/h7-14,22,28H,1,15-19H2,2-6H3;13H,1-2H2,(H,7,8)(H,9,10)(H,11,12). The number of nitrogens with one attached hydrogen (secondary N) is 1. The van der Waals surface area contributed by atoms with Crippen molar-refractivity contribution in [1.82, 2.24) is 15.2 Å². The van der Waals surface area contributed by atoms with E-state index in [4.69, 9.17) is 29.9 Å². The molecule has 1 aromatic heterocycles. The largest absolute Gasteiger partial charge is 0.493 e. The highest BCUT2D eigenvalue weighted by molar-refractivity contribution is 5.88. The maximum Gasteiger partial charge on any atom is 0.336 e. The Morgan fingerprint density at radius 1 is 1.02 bits per heavy atom. The third kappa shape index (κ3) is 11.3. The molecular formula is C32H45N3O9. The van der Waals surface area contributed by atoms with Crippen molar-refractivity contribution in [1.29, 1.82) is 0 Å². The van der Waals surface area contributed by atoms with E-state index in [1.54, 1.807) is 13.2 Å². The lowest BCUT2D eigenvalue weighted by Gasteiger charge is -2.49. The first-order valence-electron chi connectivity index (χ1n) is 14.2. The second-order valence-corrected chi connectivity index (χ2v) is 12.2. The molecule has 1 fully saturated rings. The second-order valence-electron chi connectivity index (χ2n) is 12.2. The number of aliphatic hydroxyl groups is 1. The fourth-order valence-corrected chi connectivity index (χ4v) is 5.63. The van der Waals surface area contributed by atoms with Crippen molar-refractivity contribution >= 4 is 17.9 Å². The van der Waals surface area contributed by atoms with E-state index in [-0.39, 0.29) is 11.1 Å². The molecule has 3 rings (SSSR count). The van der Waals surface area contributed by atoms with Gasteiger partial charge < -0.3 is 35.2 Å². The van der Waals surface area contributed by atoms with Crippen LogP contribution in [0.25, 0.3) is 0 Å². The Hall–Kier alpha value is -4.00. The predicted molar refractivity (Wildman–Crippen MR) is 164 cm³/mol. The van der Waals surface area contributed by atoms with Crippen LogP contribution in [0, 0.1) is 0 Å². The van der Waals surface area contributed by atoms with E-state index in [1.165, 1.54) is 0 Å². The molecule has 1 saturated heterocycles. The van der Waals surface area contributed by atoms with Crippen LogP contribution in [0.3, 0.4) is 0 Å². The van der Waals surface area contributed by atoms with Crippen molar-refractivity contribution in [2.75, 3.05) is 13.7 Å². The Labute approximate surface area is 258 Å². The molecule has 242 valence electrons. The van der Waals surface area contributed by atoms with Crippen LogP contribution in [-0.4, -0.2) is 84.7 Å². The number of pyridine rings is 1. The summed E-state index contributed by atoms with van der Waals surface area (Å²) in [6, 6.07) is 12.6. The minimum absolute atomic E-state index is 0.0608. The van der Waals surface area contributed by atoms with E-state index >= 15 is 0 Å². The van der Waals surface area contributed by atoms with Gasteiger partial charge in [0.25, 0.3) is 0 Å². The monoisotopic (exact) mass is 615 g/mol. The van der Waals surface area contributed by atoms with Gasteiger partial charge in [-0.1, -0.05) is 30.9 Å². The summed E-state index contributed by atoms with van der Waals surface area (Å²) in [5.74, 6) is -3.47. The van der Waals surface area contributed by atoms with E-state index in [0.29, 0.717) is 12.6 Å². The van der Waals surface area contributed by atoms with Gasteiger partial charge in [-0.05, 0) is 58.7 Å². The number of rotatable bonds is 14. The quantitative estimate of drug-likeness (QED) is 0.195. The molecule has 2 heterocycles. The molecule has 0 bridgehead atoms. The summed E-state index contributed by atoms with van der Waals surface area (Å²) >= 11 is 0. The van der Waals surface area contributed by atoms with Gasteiger partial charge in [-0.15, -0.1) is 0 Å². The summed E-state index contributed by atoms with van der Waals surface area (Å²) in [7, 11) is 1.68. The molecule has 44 heavy (non-hydrogen) atoms. The maximum absolute atomic E-state index is 10.3. The van der Waals surface area contributed by atoms with Crippen molar-refractivity contribution in [3.63, 3.8) is 0 Å². The van der Waals surface area contributed by atoms with Gasteiger partial charge in [0.15, 0.2) is 17.1 Å². The molecule has 0 aliphatic carbocycles. The topological polar surface area (TPSA) is 179 Å². The summed E-state index contributed by atoms with van der Waals surface area (Å²) < 4.78 is 11.6. The first-order chi connectivity index (χ1) is 20.5. The molecule has 5 N–H and O–H groups in total. The van der Waals surface area contributed by atoms with E-state index < -0.39 is 36.4 Å². The smallest absolute Gasteiger partial charge is 0.336 e. The van der Waals surface area contributed by atoms with Crippen LogP contribution in [0.4, 0.5) is 0 Å². The fraction of sp³-hybridized carbons (Fsp3) is 0.500. The molecule has 2 aromatic rings. The van der Waals surface area contributed by atoms with Gasteiger partial charge in [0.05, 0.1) is 25.6 Å². The number of benzene rings is 1. The molecule has 1 aliphatic rings. The van der Waals surface area contributed by atoms with Crippen molar-refractivity contribution in [3.05, 3.63) is 66.5 Å². The predicted octanol–water partition coefficient (Wildman–Crippen LogP) is 3.72. The number of nitrogens with zero attached hydrogens (tertiary/aromatic N) is 2. The Morgan fingerprint density at radius 2 is 1.64 bits per heavy atom. The lowest BCUT2D eigenvalue weighted by Crippen LogP contribution is -2.62. The Morgan fingerprint density at radius 3 is 2.11 bits per heavy atom. The van der Waals surface area contributed by atoms with Crippen LogP contribution in [0.15, 0.2) is 55.3 Å². The minimum atomic E-state index is -2.74. The lowest BCUT2D eigenvalue weighted by molar-refractivity contribution is -0.170. The number of carboxylic acids is 3. The molecule has 0 saturated carbocycles. The molecule has 0 unspecified atom stereocenters. The van der Waals surface area contributed by atoms with Crippen molar-refractivity contribution in [2.45, 2.75) is 89.2 Å². The number of aromatic nitrogens is 1. The molecular weight excluding hydrogens is 570 g/mol. The van der Waals surface area contributed by atoms with Crippen LogP contribution >= 0.6 is 0 Å². The Kier molecular flexibility index (Phi) is 12.9. The van der Waals surface area contributed by atoms with Crippen molar-refractivity contribution in [2.24, 2.45) is 0 Å². The zero-order valence-corrected chi connectivity index (χ0v) is 26.1. The van der Waals surface area contributed by atoms with Gasteiger partial charge in [-0.25, -0.2) is 4.79 Å². The number of hydrogen-bond donors (Lipinski definition) is 5. The number of hydrogen-bond acceptors (Lipinski definition) is 9. The Bertz CT molecular complexity index is 1250. The van der Waals surface area contributed by atoms with Crippen LogP contribution in [0.1, 0.15) is 64.6 Å². The summed E-state index contributed by atoms with van der Waals surface area (Å²) in [6.45, 7) is 15.0. The van der Waals surface area contributed by atoms with Gasteiger partial charge in [0, 0.05) is 42.0 Å². The van der Waals surface area contributed by atoms with Gasteiger partial charge >= 0.3 is 17.9 Å². The molecule has 0 atom stereocenters. The highest BCUT2D eigenvalue weighted by atomic mass is 16.5. The molecule has 12 heteroatoms. The van der Waals surface area contributed by atoms with Crippen molar-refractivity contribution < 1.29 is 44.3 Å². The highest BCUT2D eigenvalue weighted by Gasteiger charge is 2.41. The Balaban J connectivity index is 0.000000439. The number of piperidine rings is 1. The minimum Gasteiger partial charge on any atom is -0.493 e. The number of methoxy groups -OCH3 is 1. The zero-order valence-electron chi connectivity index (χ0n) is 26.1. The summed E-state index contributed by atoms with van der Waals surface area (Å²) in [5.41, 5.74) is -0.423. The zero-order chi connectivity index (χ0) is 33.1. The maximum atomic E-state index is 10.3. The van der Waals surface area contributed by atoms with E-state index in [9.17, 15) is 14.4 Å². The molecule has 0 spiro atoms. The first-order valence-corrected chi connectivity index (χ1v) is 14.2. The average molecular weight is 616 g/mol. The van der Waals surface area contributed by atoms with Crippen LogP contribution in [-0.2, 0) is 27.5 Å². The van der Waals surface area contributed by atoms with Gasteiger partial charge in [-0.3, -0.25) is 19.5 Å². The molecule has 1 aliphatic heterocycles. The number of aliphatic carboxylic acids is 3. The van der Waals surface area contributed by atoms with Crippen molar-refractivity contribution in [3.8, 4) is 11.5 Å². The molecule has 1 aromatic carbocycles. The molecule has 12 nitrogen and oxygen atoms in total. The number of carbonyl (C=O) groups is 3. The molecule has 0 radical (unpaired) electrons. The van der Waals surface area contributed by atoms with E-state index in [2.05, 4.69) is 67.7 Å². The number of carboxylic acid groups (broad SMARTS) is 3. The summed E-state index contributed by atoms with van der Waals surface area (Å²) in [5, 5.41) is 37.6. The van der Waals surface area contributed by atoms with Gasteiger partial charge in [0.1, 0.15) is 6.61 Å². The van der Waals surface area contributed by atoms with Gasteiger partial charge in [-0.2, -0.15) is 0 Å². The normalized spacial score (nSPS) is 15.9. The van der Waals surface area contributed by atoms with Crippen LogP contribution in [0.2, 0.25) is 0 Å². The third-order valence-corrected chi connectivity index (χ3v) is 7.06. The lowest BCUT2D eigenvalue weighted by atomic mass is 9.79.